The van der Waals surface area contributed by atoms with Crippen LogP contribution in [0.3, 0.4) is 0 Å². The molecule has 3 aliphatic rings. The van der Waals surface area contributed by atoms with Gasteiger partial charge in [0.05, 0.1) is 11.1 Å². The van der Waals surface area contributed by atoms with Crippen LogP contribution >= 0.6 is 0 Å². The average Bonchev–Trinajstić information content (AvgIpc) is 3.53. The molecule has 0 saturated carbocycles. The molecule has 6 nitrogen and oxygen atoms in total. The van der Waals surface area contributed by atoms with Crippen molar-refractivity contribution in [2.75, 3.05) is 31.5 Å². The Labute approximate surface area is 187 Å². The molecule has 0 spiro atoms. The third-order valence-corrected chi connectivity index (χ3v) is 7.05. The Hall–Kier alpha value is -2.93. The summed E-state index contributed by atoms with van der Waals surface area (Å²) in [6.07, 6.45) is 6.30. The van der Waals surface area contributed by atoms with E-state index < -0.39 is 0 Å². The molecule has 2 aromatic rings. The number of carbonyl (C=O) groups excluding carboxylic acids is 2. The molecule has 5 rings (SSSR count). The fourth-order valence-electron chi connectivity index (χ4n) is 5.39. The summed E-state index contributed by atoms with van der Waals surface area (Å²) in [6, 6.07) is 4.52. The maximum atomic E-state index is 13.8. The summed E-state index contributed by atoms with van der Waals surface area (Å²) in [7, 11) is 0. The van der Waals surface area contributed by atoms with Crippen LogP contribution in [0.2, 0.25) is 0 Å². The maximum Gasteiger partial charge on any atom is 0.256 e. The van der Waals surface area contributed by atoms with Gasteiger partial charge in [0.1, 0.15) is 5.82 Å². The molecule has 168 valence electrons. The van der Waals surface area contributed by atoms with E-state index in [1.54, 1.807) is 12.1 Å². The third-order valence-electron chi connectivity index (χ3n) is 7.05. The Morgan fingerprint density at radius 1 is 1.19 bits per heavy atom. The first-order valence-electron chi connectivity index (χ1n) is 11.5. The number of fused-ring (bicyclic) bond motifs is 1. The number of carbonyl (C=O) groups is 2. The van der Waals surface area contributed by atoms with Crippen molar-refractivity contribution in [1.82, 2.24) is 14.8 Å². The second-order valence-electron chi connectivity index (χ2n) is 9.17. The standard InChI is InChI=1S/C25H29FN4O2/c1-15-22(13-20-19-12-17(26)7-8-21(19)28-24(20)31)27-16(2)23(15)25(32)30-11-5-6-18(30)14-29-9-3-4-10-29/h7-8,12-13,18,27H,3-6,9-11,14H2,1-2H3,(H,28,31)/b20-13-/t18-/m0/s1. The number of amides is 2. The lowest BCUT2D eigenvalue weighted by atomic mass is 10.0. The number of anilines is 1. The summed E-state index contributed by atoms with van der Waals surface area (Å²) in [6.45, 7) is 7.80. The van der Waals surface area contributed by atoms with E-state index in [4.69, 9.17) is 0 Å². The van der Waals surface area contributed by atoms with Crippen molar-refractivity contribution in [3.05, 3.63) is 52.1 Å². The highest BCUT2D eigenvalue weighted by Gasteiger charge is 2.34. The summed E-state index contributed by atoms with van der Waals surface area (Å²) in [5.41, 5.74) is 4.55. The molecule has 1 aromatic heterocycles. The third kappa shape index (κ3) is 3.64. The first-order valence-corrected chi connectivity index (χ1v) is 11.5. The van der Waals surface area contributed by atoms with E-state index >= 15 is 0 Å². The lowest BCUT2D eigenvalue weighted by Crippen LogP contribution is -2.42. The maximum absolute atomic E-state index is 13.8. The number of halogens is 1. The quantitative estimate of drug-likeness (QED) is 0.713. The van der Waals surface area contributed by atoms with Crippen molar-refractivity contribution in [3.63, 3.8) is 0 Å². The average molecular weight is 437 g/mol. The monoisotopic (exact) mass is 436 g/mol. The van der Waals surface area contributed by atoms with Gasteiger partial charge < -0.3 is 20.1 Å². The molecule has 3 aliphatic heterocycles. The molecule has 0 bridgehead atoms. The summed E-state index contributed by atoms with van der Waals surface area (Å²) < 4.78 is 13.8. The molecule has 7 heteroatoms. The number of rotatable bonds is 4. The van der Waals surface area contributed by atoms with E-state index in [-0.39, 0.29) is 23.7 Å². The smallest absolute Gasteiger partial charge is 0.256 e. The van der Waals surface area contributed by atoms with Gasteiger partial charge in [0, 0.05) is 41.8 Å². The van der Waals surface area contributed by atoms with E-state index in [1.807, 2.05) is 18.7 Å². The number of nitrogens with zero attached hydrogens (tertiary/aromatic N) is 2. The molecule has 0 radical (unpaired) electrons. The Morgan fingerprint density at radius 2 is 1.97 bits per heavy atom. The zero-order valence-electron chi connectivity index (χ0n) is 18.6. The lowest BCUT2D eigenvalue weighted by molar-refractivity contribution is -0.110. The predicted molar refractivity (Wildman–Crippen MR) is 123 cm³/mol. The second kappa shape index (κ2) is 8.20. The Balaban J connectivity index is 1.43. The van der Waals surface area contributed by atoms with Crippen molar-refractivity contribution < 1.29 is 14.0 Å². The van der Waals surface area contributed by atoms with Crippen LogP contribution in [0.5, 0.6) is 0 Å². The summed E-state index contributed by atoms with van der Waals surface area (Å²) in [5, 5.41) is 2.78. The molecule has 1 atom stereocenters. The van der Waals surface area contributed by atoms with E-state index in [9.17, 15) is 14.0 Å². The van der Waals surface area contributed by atoms with Gasteiger partial charge in [-0.25, -0.2) is 4.39 Å². The number of nitrogens with one attached hydrogen (secondary N) is 2. The van der Waals surface area contributed by atoms with Crippen LogP contribution in [-0.4, -0.2) is 58.8 Å². The van der Waals surface area contributed by atoms with Crippen LogP contribution in [0, 0.1) is 19.7 Å². The zero-order chi connectivity index (χ0) is 22.4. The van der Waals surface area contributed by atoms with E-state index in [1.165, 1.54) is 25.0 Å². The number of aryl methyl sites for hydroxylation is 1. The Kier molecular flexibility index (Phi) is 5.37. The van der Waals surface area contributed by atoms with Crippen LogP contribution in [-0.2, 0) is 4.79 Å². The molecule has 2 saturated heterocycles. The topological polar surface area (TPSA) is 68.4 Å². The number of H-pyrrole nitrogens is 1. The number of benzene rings is 1. The van der Waals surface area contributed by atoms with Crippen molar-refractivity contribution in [2.24, 2.45) is 0 Å². The van der Waals surface area contributed by atoms with E-state index in [0.717, 1.165) is 50.3 Å². The fourth-order valence-corrected chi connectivity index (χ4v) is 5.39. The summed E-state index contributed by atoms with van der Waals surface area (Å²) in [4.78, 5) is 33.9. The SMILES string of the molecule is Cc1[nH]c(/C=C2\C(=O)Nc3ccc(F)cc32)c(C)c1C(=O)N1CCC[C@H]1CN1CCCC1. The van der Waals surface area contributed by atoms with Gasteiger partial charge in [-0.15, -0.1) is 0 Å². The van der Waals surface area contributed by atoms with Crippen molar-refractivity contribution >= 4 is 29.2 Å². The van der Waals surface area contributed by atoms with Gasteiger partial charge in [-0.3, -0.25) is 9.59 Å². The fraction of sp³-hybridized carbons (Fsp3) is 0.440. The number of hydrogen-bond acceptors (Lipinski definition) is 3. The van der Waals surface area contributed by atoms with Crippen LogP contribution in [0.15, 0.2) is 18.2 Å². The molecule has 32 heavy (non-hydrogen) atoms. The minimum atomic E-state index is -0.389. The van der Waals surface area contributed by atoms with Gasteiger partial charge in [0.15, 0.2) is 0 Å². The van der Waals surface area contributed by atoms with Crippen LogP contribution in [0.4, 0.5) is 10.1 Å². The first-order chi connectivity index (χ1) is 15.4. The number of hydrogen-bond donors (Lipinski definition) is 2. The normalized spacial score (nSPS) is 22.1. The van der Waals surface area contributed by atoms with Crippen LogP contribution in [0.1, 0.15) is 58.6 Å². The minimum Gasteiger partial charge on any atom is -0.358 e. The van der Waals surface area contributed by atoms with Crippen LogP contribution < -0.4 is 5.32 Å². The molecule has 0 unspecified atom stereocenters. The molecule has 2 N–H and O–H groups in total. The largest absolute Gasteiger partial charge is 0.358 e. The van der Waals surface area contributed by atoms with Gasteiger partial charge >= 0.3 is 0 Å². The number of aromatic nitrogens is 1. The molecule has 4 heterocycles. The Bertz CT molecular complexity index is 1110. The van der Waals surface area contributed by atoms with E-state index in [0.29, 0.717) is 28.1 Å². The van der Waals surface area contributed by atoms with Crippen molar-refractivity contribution in [3.8, 4) is 0 Å². The Morgan fingerprint density at radius 3 is 2.75 bits per heavy atom. The van der Waals surface area contributed by atoms with Crippen LogP contribution in [0.25, 0.3) is 11.6 Å². The zero-order valence-corrected chi connectivity index (χ0v) is 18.6. The lowest BCUT2D eigenvalue weighted by Gasteiger charge is -2.28. The molecular weight excluding hydrogens is 407 g/mol. The second-order valence-corrected chi connectivity index (χ2v) is 9.17. The van der Waals surface area contributed by atoms with Gasteiger partial charge in [-0.2, -0.15) is 0 Å². The van der Waals surface area contributed by atoms with Crippen molar-refractivity contribution in [2.45, 2.75) is 45.6 Å². The van der Waals surface area contributed by atoms with Gasteiger partial charge in [-0.05, 0) is 82.5 Å². The number of likely N-dealkylation sites (tertiary alicyclic amines) is 2. The van der Waals surface area contributed by atoms with Crippen molar-refractivity contribution in [1.29, 1.82) is 0 Å². The molecule has 0 aliphatic carbocycles. The highest BCUT2D eigenvalue weighted by molar-refractivity contribution is 6.34. The summed E-state index contributed by atoms with van der Waals surface area (Å²) >= 11 is 0. The predicted octanol–water partition coefficient (Wildman–Crippen LogP) is 3.96. The number of aromatic amines is 1. The van der Waals surface area contributed by atoms with Gasteiger partial charge in [0.2, 0.25) is 0 Å². The molecular formula is C25H29FN4O2. The first kappa shape index (κ1) is 20.9. The highest BCUT2D eigenvalue weighted by atomic mass is 19.1. The summed E-state index contributed by atoms with van der Waals surface area (Å²) in [5.74, 6) is -0.597. The van der Waals surface area contributed by atoms with Gasteiger partial charge in [-0.1, -0.05) is 0 Å². The van der Waals surface area contributed by atoms with Gasteiger partial charge in [0.25, 0.3) is 11.8 Å². The molecule has 1 aromatic carbocycles. The molecule has 2 fully saturated rings. The highest BCUT2D eigenvalue weighted by Crippen LogP contribution is 2.35. The molecule has 2 amide bonds. The minimum absolute atomic E-state index is 0.0601. The van der Waals surface area contributed by atoms with E-state index in [2.05, 4.69) is 15.2 Å².